The first-order chi connectivity index (χ1) is 9.89. The highest BCUT2D eigenvalue weighted by molar-refractivity contribution is 5.07. The maximum Gasteiger partial charge on any atom is 0.104 e. The molecular weight excluding hydrogens is 260 g/mol. The summed E-state index contributed by atoms with van der Waals surface area (Å²) in [6.45, 7) is 4.29. The Bertz CT molecular complexity index is 379. The van der Waals surface area contributed by atoms with Crippen molar-refractivity contribution in [3.8, 4) is 6.07 Å². The van der Waals surface area contributed by atoms with Crippen molar-refractivity contribution in [1.82, 2.24) is 15.1 Å². The molecule has 2 fully saturated rings. The first kappa shape index (κ1) is 16.7. The standard InChI is InChI=1S/C17H32N4/c1-16(13-18,19-15-7-8-15)9-6-12-21(4)14-17(20(2)3)10-5-11-17/h15,19H,5-12,14H2,1-4H3. The van der Waals surface area contributed by atoms with E-state index in [0.29, 0.717) is 11.6 Å². The zero-order valence-electron chi connectivity index (χ0n) is 14.3. The van der Waals surface area contributed by atoms with E-state index >= 15 is 0 Å². The summed E-state index contributed by atoms with van der Waals surface area (Å²) in [7, 11) is 6.64. The predicted molar refractivity (Wildman–Crippen MR) is 87.2 cm³/mol. The summed E-state index contributed by atoms with van der Waals surface area (Å²) in [6.07, 6.45) is 8.52. The molecular formula is C17H32N4. The number of hydrogen-bond acceptors (Lipinski definition) is 4. The van der Waals surface area contributed by atoms with Crippen LogP contribution >= 0.6 is 0 Å². The van der Waals surface area contributed by atoms with Crippen molar-refractivity contribution in [3.63, 3.8) is 0 Å². The number of nitrogens with one attached hydrogen (secondary N) is 1. The van der Waals surface area contributed by atoms with E-state index in [-0.39, 0.29) is 5.54 Å². The van der Waals surface area contributed by atoms with E-state index in [4.69, 9.17) is 0 Å². The quantitative estimate of drug-likeness (QED) is 0.707. The lowest BCUT2D eigenvalue weighted by molar-refractivity contribution is 0.0272. The lowest BCUT2D eigenvalue weighted by Gasteiger charge is -2.49. The van der Waals surface area contributed by atoms with Crippen LogP contribution in [0.3, 0.4) is 0 Å². The highest BCUT2D eigenvalue weighted by atomic mass is 15.2. The van der Waals surface area contributed by atoms with E-state index in [1.807, 2.05) is 0 Å². The summed E-state index contributed by atoms with van der Waals surface area (Å²) in [6, 6.07) is 3.07. The molecule has 4 nitrogen and oxygen atoms in total. The third-order valence-corrected chi connectivity index (χ3v) is 5.36. The highest BCUT2D eigenvalue weighted by Gasteiger charge is 2.39. The van der Waals surface area contributed by atoms with Gasteiger partial charge < -0.3 is 9.80 Å². The second-order valence-corrected chi connectivity index (χ2v) is 7.68. The Labute approximate surface area is 130 Å². The number of nitriles is 1. The van der Waals surface area contributed by atoms with E-state index < -0.39 is 0 Å². The van der Waals surface area contributed by atoms with Crippen LogP contribution in [0.25, 0.3) is 0 Å². The summed E-state index contributed by atoms with van der Waals surface area (Å²) < 4.78 is 0. The van der Waals surface area contributed by atoms with Crippen LogP contribution in [0.1, 0.15) is 51.9 Å². The molecule has 2 aliphatic carbocycles. The maximum absolute atomic E-state index is 9.40. The van der Waals surface area contributed by atoms with Crippen molar-refractivity contribution < 1.29 is 0 Å². The molecule has 2 rings (SSSR count). The molecule has 0 radical (unpaired) electrons. The summed E-state index contributed by atoms with van der Waals surface area (Å²) >= 11 is 0. The number of hydrogen-bond donors (Lipinski definition) is 1. The first-order valence-electron chi connectivity index (χ1n) is 8.44. The van der Waals surface area contributed by atoms with Crippen LogP contribution in [0.5, 0.6) is 0 Å². The topological polar surface area (TPSA) is 42.3 Å². The molecule has 1 atom stereocenters. The van der Waals surface area contributed by atoms with Crippen LogP contribution in [0.2, 0.25) is 0 Å². The Morgan fingerprint density at radius 1 is 1.29 bits per heavy atom. The SMILES string of the molecule is CN(CCCC(C)(C#N)NC1CC1)CC1(N(C)C)CCC1. The van der Waals surface area contributed by atoms with Crippen LogP contribution in [-0.2, 0) is 0 Å². The van der Waals surface area contributed by atoms with Gasteiger partial charge >= 0.3 is 0 Å². The molecule has 4 heteroatoms. The highest BCUT2D eigenvalue weighted by Crippen LogP contribution is 2.36. The van der Waals surface area contributed by atoms with Gasteiger partial charge in [0, 0.05) is 18.1 Å². The van der Waals surface area contributed by atoms with Crippen molar-refractivity contribution in [2.45, 2.75) is 69.0 Å². The lowest BCUT2D eigenvalue weighted by Crippen LogP contribution is -2.56. The normalized spacial score (nSPS) is 23.7. The van der Waals surface area contributed by atoms with Gasteiger partial charge in [-0.25, -0.2) is 0 Å². The van der Waals surface area contributed by atoms with E-state index in [2.05, 4.69) is 49.3 Å². The Morgan fingerprint density at radius 2 is 1.95 bits per heavy atom. The van der Waals surface area contributed by atoms with E-state index in [1.54, 1.807) is 0 Å². The van der Waals surface area contributed by atoms with E-state index in [9.17, 15) is 5.26 Å². The molecule has 2 aliphatic rings. The molecule has 1 unspecified atom stereocenters. The van der Waals surface area contributed by atoms with Gasteiger partial charge in [-0.3, -0.25) is 5.32 Å². The fourth-order valence-corrected chi connectivity index (χ4v) is 3.45. The maximum atomic E-state index is 9.40. The van der Waals surface area contributed by atoms with Crippen LogP contribution in [0, 0.1) is 11.3 Å². The van der Waals surface area contributed by atoms with Crippen molar-refractivity contribution in [1.29, 1.82) is 5.26 Å². The van der Waals surface area contributed by atoms with Crippen LogP contribution < -0.4 is 5.32 Å². The molecule has 0 aromatic rings. The van der Waals surface area contributed by atoms with Gasteiger partial charge in [0.15, 0.2) is 0 Å². The molecule has 0 spiro atoms. The molecule has 0 aliphatic heterocycles. The minimum absolute atomic E-state index is 0.336. The molecule has 0 aromatic carbocycles. The van der Waals surface area contributed by atoms with Crippen LogP contribution in [0.15, 0.2) is 0 Å². The van der Waals surface area contributed by atoms with Gasteiger partial charge in [0.25, 0.3) is 0 Å². The van der Waals surface area contributed by atoms with Crippen LogP contribution in [-0.4, -0.2) is 61.2 Å². The predicted octanol–water partition coefficient (Wildman–Crippen LogP) is 2.22. The van der Waals surface area contributed by atoms with E-state index in [0.717, 1.165) is 25.9 Å². The average molecular weight is 292 g/mol. The summed E-state index contributed by atoms with van der Waals surface area (Å²) in [5, 5.41) is 12.9. The van der Waals surface area contributed by atoms with Gasteiger partial charge in [-0.05, 0) is 79.6 Å². The van der Waals surface area contributed by atoms with Crippen LogP contribution in [0.4, 0.5) is 0 Å². The lowest BCUT2D eigenvalue weighted by atomic mass is 9.75. The fraction of sp³-hybridized carbons (Fsp3) is 0.941. The van der Waals surface area contributed by atoms with Gasteiger partial charge in [0.2, 0.25) is 0 Å². The molecule has 0 bridgehead atoms. The Kier molecular flexibility index (Phi) is 5.29. The zero-order chi connectivity index (χ0) is 15.5. The molecule has 1 N–H and O–H groups in total. The Morgan fingerprint density at radius 3 is 2.38 bits per heavy atom. The molecule has 2 saturated carbocycles. The Hall–Kier alpha value is -0.630. The fourth-order valence-electron chi connectivity index (χ4n) is 3.45. The van der Waals surface area contributed by atoms with E-state index in [1.165, 1.54) is 32.1 Å². The smallest absolute Gasteiger partial charge is 0.104 e. The molecule has 0 heterocycles. The van der Waals surface area contributed by atoms with Gasteiger partial charge in [-0.15, -0.1) is 0 Å². The van der Waals surface area contributed by atoms with Crippen molar-refractivity contribution in [2.24, 2.45) is 0 Å². The number of likely N-dealkylation sites (N-methyl/N-ethyl adjacent to an activating group) is 2. The monoisotopic (exact) mass is 292 g/mol. The summed E-state index contributed by atoms with van der Waals surface area (Å²) in [4.78, 5) is 4.86. The minimum atomic E-state index is -0.336. The third-order valence-electron chi connectivity index (χ3n) is 5.36. The average Bonchev–Trinajstić information content (AvgIpc) is 3.17. The third kappa shape index (κ3) is 4.42. The van der Waals surface area contributed by atoms with Gasteiger partial charge in [-0.2, -0.15) is 5.26 Å². The molecule has 0 saturated heterocycles. The minimum Gasteiger partial charge on any atom is -0.305 e. The molecule has 0 aromatic heterocycles. The molecule has 0 amide bonds. The van der Waals surface area contributed by atoms with Gasteiger partial charge in [0.1, 0.15) is 5.54 Å². The van der Waals surface area contributed by atoms with Gasteiger partial charge in [0.05, 0.1) is 6.07 Å². The zero-order valence-corrected chi connectivity index (χ0v) is 14.3. The van der Waals surface area contributed by atoms with Crippen molar-refractivity contribution >= 4 is 0 Å². The second kappa shape index (κ2) is 6.64. The first-order valence-corrected chi connectivity index (χ1v) is 8.44. The van der Waals surface area contributed by atoms with Crippen molar-refractivity contribution in [2.75, 3.05) is 34.2 Å². The molecule has 120 valence electrons. The second-order valence-electron chi connectivity index (χ2n) is 7.68. The number of rotatable bonds is 9. The molecule has 21 heavy (non-hydrogen) atoms. The summed E-state index contributed by atoms with van der Waals surface area (Å²) in [5.74, 6) is 0. The largest absolute Gasteiger partial charge is 0.305 e. The summed E-state index contributed by atoms with van der Waals surface area (Å²) in [5.41, 5.74) is 0.0667. The Balaban J connectivity index is 1.71. The number of nitrogens with zero attached hydrogens (tertiary/aromatic N) is 3. The van der Waals surface area contributed by atoms with Gasteiger partial charge in [-0.1, -0.05) is 0 Å². The van der Waals surface area contributed by atoms with Crippen molar-refractivity contribution in [3.05, 3.63) is 0 Å².